The number of para-hydroxylation sites is 9. The second-order valence-corrected chi connectivity index (χ2v) is 24.5. The Morgan fingerprint density at radius 2 is 0.459 bits per heavy atom. The van der Waals surface area contributed by atoms with Gasteiger partial charge in [-0.25, -0.2) is 4.79 Å². The number of nitrogens with zero attached hydrogens (tertiary/aromatic N) is 6. The highest BCUT2D eigenvalue weighted by molar-refractivity contribution is 5.88. The average molecular weight is 1260 g/mol. The van der Waals surface area contributed by atoms with Crippen molar-refractivity contribution in [1.82, 2.24) is 9.13 Å². The maximum Gasteiger partial charge on any atom is 0.338 e. The lowest BCUT2D eigenvalue weighted by Crippen LogP contribution is -2.22. The van der Waals surface area contributed by atoms with Gasteiger partial charge in [-0.15, -0.1) is 0 Å². The Hall–Kier alpha value is -13.0. The summed E-state index contributed by atoms with van der Waals surface area (Å²) in [5.41, 5.74) is 23.5. The molecule has 0 aliphatic heterocycles. The van der Waals surface area contributed by atoms with Gasteiger partial charge in [0.25, 0.3) is 0 Å². The third-order valence-corrected chi connectivity index (χ3v) is 18.3. The molecule has 98 heavy (non-hydrogen) atoms. The van der Waals surface area contributed by atoms with Crippen LogP contribution in [-0.2, 0) is 0 Å². The fourth-order valence-electron chi connectivity index (χ4n) is 13.6. The van der Waals surface area contributed by atoms with Gasteiger partial charge in [0.2, 0.25) is 0 Å². The Bertz CT molecular complexity index is 5090. The second-order valence-electron chi connectivity index (χ2n) is 24.5. The van der Waals surface area contributed by atoms with Gasteiger partial charge in [0.15, 0.2) is 0 Å². The summed E-state index contributed by atoms with van der Waals surface area (Å²) in [6.45, 7) is 0. The highest BCUT2D eigenvalue weighted by atomic mass is 16.1. The van der Waals surface area contributed by atoms with Crippen LogP contribution in [0.25, 0.3) is 66.9 Å². The van der Waals surface area contributed by atoms with Crippen LogP contribution in [0.2, 0.25) is 0 Å². The van der Waals surface area contributed by atoms with Crippen molar-refractivity contribution in [3.8, 4) is 55.9 Å². The van der Waals surface area contributed by atoms with Crippen molar-refractivity contribution in [3.05, 3.63) is 404 Å². The van der Waals surface area contributed by atoms with E-state index in [2.05, 4.69) is 371 Å². The Morgan fingerprint density at radius 3 is 0.714 bits per heavy atom. The van der Waals surface area contributed by atoms with Crippen molar-refractivity contribution in [3.63, 3.8) is 0 Å². The largest absolute Gasteiger partial charge is 0.338 e. The molecular weight excluding hydrogens is 1190 g/mol. The first-order chi connectivity index (χ1) is 48.5. The van der Waals surface area contributed by atoms with E-state index in [1.54, 1.807) is 0 Å². The molecule has 1 aliphatic carbocycles. The van der Waals surface area contributed by atoms with Crippen LogP contribution < -0.4 is 25.3 Å². The number of anilines is 11. The number of hydrogen-bond acceptors (Lipinski definition) is 5. The van der Waals surface area contributed by atoms with Gasteiger partial charge in [0, 0.05) is 68.3 Å². The summed E-state index contributed by atoms with van der Waals surface area (Å²) in [6.07, 6.45) is 8.81. The van der Waals surface area contributed by atoms with Crippen molar-refractivity contribution in [2.24, 2.45) is 0 Å². The fraction of sp³-hybridized carbons (Fsp3) is 0.0220. The molecule has 7 nitrogen and oxygen atoms in total. The number of allylic oxidation sites excluding steroid dienone is 3. The standard InChI is InChI=1S/C91H68N6O/c98-91-96(87-63-71(67-45-53-83(54-46-67)92(75-27-9-1-10-28-75)76-29-11-2-12-30-76)61-72(64-87)68-47-55-84(56-48-68)93(77-31-13-3-14-32-77)78-33-15-4-16-34-78)89-43-25-26-44-90(89)97(91)88-65-73(69-49-57-85(58-50-69)94(79-35-17-5-18-36-79)80-37-19-6-20-38-80)62-74(66-88)70-51-59-86(60-52-70)95(81-39-21-7-22-40-81)82-41-23-8-24-42-82/h1-7,9-23,25-66H,8,24H2. The molecule has 0 bridgehead atoms. The van der Waals surface area contributed by atoms with Crippen LogP contribution in [0.4, 0.5) is 62.6 Å². The van der Waals surface area contributed by atoms with Crippen LogP contribution in [0.5, 0.6) is 0 Å². The first kappa shape index (κ1) is 60.0. The SMILES string of the molecule is O=c1n(-c2cc(-c3ccc(N(C4=CCCC=C4)c4ccccc4)cc3)cc(-c3ccc(N(c4ccccc4)c4ccccc4)cc3)c2)c2ccccc2n1-c1cc(-c2ccc(N(c3ccccc3)c3ccccc3)cc2)cc(-c2ccc(N(c3ccccc3)c3ccccc3)cc2)c1. The summed E-state index contributed by atoms with van der Waals surface area (Å²) < 4.78 is 3.80. The molecule has 1 aliphatic rings. The molecular formula is C91H68N6O. The molecule has 0 N–H and O–H groups in total. The molecule has 0 saturated heterocycles. The molecule has 1 aromatic heterocycles. The molecule has 15 aromatic rings. The third-order valence-electron chi connectivity index (χ3n) is 18.3. The Balaban J connectivity index is 0.849. The topological polar surface area (TPSA) is 39.9 Å². The van der Waals surface area contributed by atoms with Crippen LogP contribution in [-0.4, -0.2) is 9.13 Å². The molecule has 468 valence electrons. The van der Waals surface area contributed by atoms with Gasteiger partial charge in [-0.05, 0) is 245 Å². The van der Waals surface area contributed by atoms with Crippen LogP contribution in [0.1, 0.15) is 12.8 Å². The molecule has 14 aromatic carbocycles. The van der Waals surface area contributed by atoms with E-state index < -0.39 is 0 Å². The first-order valence-electron chi connectivity index (χ1n) is 33.4. The summed E-state index contributed by atoms with van der Waals surface area (Å²) in [5.74, 6) is 0. The predicted octanol–water partition coefficient (Wildman–Crippen LogP) is 24.2. The van der Waals surface area contributed by atoms with E-state index >= 15 is 4.79 Å². The molecule has 16 rings (SSSR count). The summed E-state index contributed by atoms with van der Waals surface area (Å²) >= 11 is 0. The van der Waals surface area contributed by atoms with Gasteiger partial charge >= 0.3 is 5.69 Å². The zero-order valence-corrected chi connectivity index (χ0v) is 54.0. The minimum atomic E-state index is -0.190. The molecule has 0 unspecified atom stereocenters. The number of rotatable bonds is 18. The van der Waals surface area contributed by atoms with Gasteiger partial charge in [-0.1, -0.05) is 200 Å². The summed E-state index contributed by atoms with van der Waals surface area (Å²) in [7, 11) is 0. The van der Waals surface area contributed by atoms with E-state index in [0.717, 1.165) is 148 Å². The third kappa shape index (κ3) is 12.2. The Kier molecular flexibility index (Phi) is 16.6. The average Bonchev–Trinajstić information content (AvgIpc) is 1.56. The zero-order valence-electron chi connectivity index (χ0n) is 54.0. The second kappa shape index (κ2) is 27.2. The molecule has 0 saturated carbocycles. The van der Waals surface area contributed by atoms with Crippen molar-refractivity contribution < 1.29 is 0 Å². The van der Waals surface area contributed by atoms with Gasteiger partial charge in [-0.3, -0.25) is 9.13 Å². The number of aromatic nitrogens is 2. The van der Waals surface area contributed by atoms with Gasteiger partial charge in [-0.2, -0.15) is 0 Å². The highest BCUT2D eigenvalue weighted by Gasteiger charge is 2.23. The monoisotopic (exact) mass is 1260 g/mol. The summed E-state index contributed by atoms with van der Waals surface area (Å²) in [6, 6.07) is 130. The van der Waals surface area contributed by atoms with Gasteiger partial charge in [0.1, 0.15) is 0 Å². The summed E-state index contributed by atoms with van der Waals surface area (Å²) in [4.78, 5) is 25.5. The van der Waals surface area contributed by atoms with Crippen molar-refractivity contribution in [1.29, 1.82) is 0 Å². The lowest BCUT2D eigenvalue weighted by atomic mass is 9.97. The van der Waals surface area contributed by atoms with E-state index in [4.69, 9.17) is 0 Å². The number of imidazole rings is 1. The number of fused-ring (bicyclic) bond motifs is 1. The first-order valence-corrected chi connectivity index (χ1v) is 33.4. The van der Waals surface area contributed by atoms with Crippen LogP contribution in [0, 0.1) is 0 Å². The van der Waals surface area contributed by atoms with Crippen LogP contribution in [0.3, 0.4) is 0 Å². The molecule has 0 atom stereocenters. The lowest BCUT2D eigenvalue weighted by molar-refractivity contribution is 0.931. The van der Waals surface area contributed by atoms with E-state index in [1.165, 1.54) is 0 Å². The molecule has 0 amide bonds. The van der Waals surface area contributed by atoms with E-state index in [9.17, 15) is 0 Å². The molecule has 0 spiro atoms. The van der Waals surface area contributed by atoms with Crippen molar-refractivity contribution in [2.75, 3.05) is 19.6 Å². The number of benzene rings is 14. The van der Waals surface area contributed by atoms with Crippen LogP contribution in [0.15, 0.2) is 399 Å². The smallest absolute Gasteiger partial charge is 0.311 e. The Morgan fingerprint density at radius 1 is 0.224 bits per heavy atom. The van der Waals surface area contributed by atoms with Gasteiger partial charge in [0.05, 0.1) is 22.4 Å². The van der Waals surface area contributed by atoms with Gasteiger partial charge < -0.3 is 19.6 Å². The molecule has 0 fully saturated rings. The van der Waals surface area contributed by atoms with Crippen LogP contribution >= 0.6 is 0 Å². The van der Waals surface area contributed by atoms with E-state index in [0.29, 0.717) is 0 Å². The lowest BCUT2D eigenvalue weighted by Gasteiger charge is -2.27. The fourth-order valence-corrected chi connectivity index (χ4v) is 13.6. The maximum atomic E-state index is 16.3. The molecule has 1 heterocycles. The minimum Gasteiger partial charge on any atom is -0.311 e. The van der Waals surface area contributed by atoms with E-state index in [-0.39, 0.29) is 5.69 Å². The normalized spacial score (nSPS) is 11.9. The molecule has 7 heteroatoms. The van der Waals surface area contributed by atoms with E-state index in [1.807, 2.05) is 45.5 Å². The number of hydrogen-bond donors (Lipinski definition) is 0. The van der Waals surface area contributed by atoms with Crippen molar-refractivity contribution >= 4 is 73.6 Å². The predicted molar refractivity (Wildman–Crippen MR) is 410 cm³/mol. The zero-order chi connectivity index (χ0) is 65.6. The molecule has 0 radical (unpaired) electrons. The Labute approximate surface area is 572 Å². The quantitative estimate of drug-likeness (QED) is 0.0856. The maximum absolute atomic E-state index is 16.3. The minimum absolute atomic E-state index is 0.190. The summed E-state index contributed by atoms with van der Waals surface area (Å²) in [5, 5.41) is 0. The highest BCUT2D eigenvalue weighted by Crippen LogP contribution is 2.42. The van der Waals surface area contributed by atoms with Crippen molar-refractivity contribution in [2.45, 2.75) is 12.8 Å².